The van der Waals surface area contributed by atoms with Crippen molar-refractivity contribution in [1.82, 2.24) is 5.32 Å². The molecule has 2 aromatic rings. The molecule has 1 N–H and O–H groups in total. The van der Waals surface area contributed by atoms with Crippen LogP contribution in [-0.4, -0.2) is 6.04 Å². The van der Waals surface area contributed by atoms with Gasteiger partial charge in [-0.15, -0.1) is 0 Å². The maximum absolute atomic E-state index is 13.0. The lowest BCUT2D eigenvalue weighted by atomic mass is 9.98. The molecule has 0 radical (unpaired) electrons. The molecule has 1 nitrogen and oxygen atoms in total. The lowest BCUT2D eigenvalue weighted by molar-refractivity contribution is 0.526. The number of halogens is 1. The van der Waals surface area contributed by atoms with E-state index in [1.807, 2.05) is 18.2 Å². The molecule has 2 heteroatoms. The summed E-state index contributed by atoms with van der Waals surface area (Å²) >= 11 is 0. The van der Waals surface area contributed by atoms with Crippen molar-refractivity contribution in [2.24, 2.45) is 0 Å². The molecule has 1 unspecified atom stereocenters. The molecule has 1 aliphatic rings. The molecule has 0 aromatic heterocycles. The fraction of sp³-hybridized carbons (Fsp3) is 0.294. The second kappa shape index (κ2) is 5.54. The molecule has 0 heterocycles. The Labute approximate surface area is 113 Å². The molecule has 3 rings (SSSR count). The second-order valence-corrected chi connectivity index (χ2v) is 5.23. The van der Waals surface area contributed by atoms with E-state index in [4.69, 9.17) is 0 Å². The highest BCUT2D eigenvalue weighted by molar-refractivity contribution is 5.24. The average Bonchev–Trinajstić information content (AvgIpc) is 3.24. The van der Waals surface area contributed by atoms with Gasteiger partial charge in [-0.3, -0.25) is 0 Å². The lowest BCUT2D eigenvalue weighted by Crippen LogP contribution is -2.25. The number of hydrogen-bond acceptors (Lipinski definition) is 1. The SMILES string of the molecule is Fc1ccc(C(Cc2ccccc2)NC2CC2)cc1. The first-order valence-corrected chi connectivity index (χ1v) is 6.87. The second-order valence-electron chi connectivity index (χ2n) is 5.23. The Hall–Kier alpha value is -1.67. The van der Waals surface area contributed by atoms with Crippen molar-refractivity contribution in [1.29, 1.82) is 0 Å². The average molecular weight is 255 g/mol. The minimum absolute atomic E-state index is 0.173. The van der Waals surface area contributed by atoms with E-state index in [1.54, 1.807) is 12.1 Å². The molecular formula is C17H18FN. The minimum Gasteiger partial charge on any atom is -0.307 e. The number of nitrogens with one attached hydrogen (secondary N) is 1. The van der Waals surface area contributed by atoms with E-state index in [9.17, 15) is 4.39 Å². The van der Waals surface area contributed by atoms with Crippen molar-refractivity contribution in [3.05, 3.63) is 71.5 Å². The third-order valence-electron chi connectivity index (χ3n) is 3.57. The monoisotopic (exact) mass is 255 g/mol. The molecule has 0 aliphatic heterocycles. The van der Waals surface area contributed by atoms with Gasteiger partial charge in [0, 0.05) is 12.1 Å². The summed E-state index contributed by atoms with van der Waals surface area (Å²) in [5, 5.41) is 3.65. The van der Waals surface area contributed by atoms with Gasteiger partial charge in [0.1, 0.15) is 5.82 Å². The van der Waals surface area contributed by atoms with Crippen LogP contribution in [0, 0.1) is 5.82 Å². The van der Waals surface area contributed by atoms with Crippen LogP contribution >= 0.6 is 0 Å². The minimum atomic E-state index is -0.173. The van der Waals surface area contributed by atoms with Crippen LogP contribution in [0.25, 0.3) is 0 Å². The quantitative estimate of drug-likeness (QED) is 0.855. The van der Waals surface area contributed by atoms with E-state index in [0.29, 0.717) is 6.04 Å². The van der Waals surface area contributed by atoms with Gasteiger partial charge in [0.05, 0.1) is 0 Å². The number of hydrogen-bond donors (Lipinski definition) is 1. The zero-order chi connectivity index (χ0) is 13.1. The standard InChI is InChI=1S/C17H18FN/c18-15-8-6-14(7-9-15)17(19-16-10-11-16)12-13-4-2-1-3-5-13/h1-9,16-17,19H,10-12H2. The molecule has 1 aliphatic carbocycles. The summed E-state index contributed by atoms with van der Waals surface area (Å²) in [4.78, 5) is 0. The van der Waals surface area contributed by atoms with Crippen molar-refractivity contribution >= 4 is 0 Å². The zero-order valence-corrected chi connectivity index (χ0v) is 10.9. The zero-order valence-electron chi connectivity index (χ0n) is 10.9. The van der Waals surface area contributed by atoms with Gasteiger partial charge in [0.25, 0.3) is 0 Å². The largest absolute Gasteiger partial charge is 0.307 e. The van der Waals surface area contributed by atoms with Crippen LogP contribution in [0.3, 0.4) is 0 Å². The Morgan fingerprint density at radius 3 is 2.32 bits per heavy atom. The summed E-state index contributed by atoms with van der Waals surface area (Å²) in [5.74, 6) is -0.173. The lowest BCUT2D eigenvalue weighted by Gasteiger charge is -2.19. The molecule has 19 heavy (non-hydrogen) atoms. The van der Waals surface area contributed by atoms with E-state index in [0.717, 1.165) is 12.0 Å². The van der Waals surface area contributed by atoms with Crippen LogP contribution < -0.4 is 5.32 Å². The van der Waals surface area contributed by atoms with Gasteiger partial charge in [-0.25, -0.2) is 4.39 Å². The smallest absolute Gasteiger partial charge is 0.123 e. The van der Waals surface area contributed by atoms with E-state index in [2.05, 4.69) is 29.6 Å². The molecule has 2 aromatic carbocycles. The first kappa shape index (κ1) is 12.4. The van der Waals surface area contributed by atoms with Crippen LogP contribution in [0.2, 0.25) is 0 Å². The summed E-state index contributed by atoms with van der Waals surface area (Å²) in [6.07, 6.45) is 3.46. The fourth-order valence-electron chi connectivity index (χ4n) is 2.35. The van der Waals surface area contributed by atoms with Gasteiger partial charge >= 0.3 is 0 Å². The van der Waals surface area contributed by atoms with Crippen molar-refractivity contribution in [2.45, 2.75) is 31.3 Å². The Kier molecular flexibility index (Phi) is 3.60. The molecule has 0 saturated heterocycles. The van der Waals surface area contributed by atoms with E-state index in [-0.39, 0.29) is 11.9 Å². The van der Waals surface area contributed by atoms with Crippen molar-refractivity contribution < 1.29 is 4.39 Å². The van der Waals surface area contributed by atoms with Crippen LogP contribution in [0.15, 0.2) is 54.6 Å². The third-order valence-corrected chi connectivity index (χ3v) is 3.57. The van der Waals surface area contributed by atoms with Crippen LogP contribution in [0.5, 0.6) is 0 Å². The highest BCUT2D eigenvalue weighted by Gasteiger charge is 2.25. The molecule has 1 fully saturated rings. The molecular weight excluding hydrogens is 237 g/mol. The van der Waals surface area contributed by atoms with E-state index in [1.165, 1.54) is 18.4 Å². The summed E-state index contributed by atoms with van der Waals surface area (Å²) in [7, 11) is 0. The molecule has 1 atom stereocenters. The summed E-state index contributed by atoms with van der Waals surface area (Å²) in [6.45, 7) is 0. The van der Waals surface area contributed by atoms with Crippen molar-refractivity contribution in [3.8, 4) is 0 Å². The molecule has 0 spiro atoms. The Morgan fingerprint density at radius 2 is 1.68 bits per heavy atom. The predicted octanol–water partition coefficient (Wildman–Crippen LogP) is 3.86. The maximum Gasteiger partial charge on any atom is 0.123 e. The molecule has 98 valence electrons. The number of rotatable bonds is 5. The van der Waals surface area contributed by atoms with Gasteiger partial charge in [-0.05, 0) is 42.5 Å². The molecule has 1 saturated carbocycles. The highest BCUT2D eigenvalue weighted by atomic mass is 19.1. The van der Waals surface area contributed by atoms with Crippen molar-refractivity contribution in [2.75, 3.05) is 0 Å². The normalized spacial score (nSPS) is 16.3. The van der Waals surface area contributed by atoms with Gasteiger partial charge in [0.2, 0.25) is 0 Å². The summed E-state index contributed by atoms with van der Waals surface area (Å²) < 4.78 is 13.0. The highest BCUT2D eigenvalue weighted by Crippen LogP contribution is 2.26. The van der Waals surface area contributed by atoms with Gasteiger partial charge in [-0.2, -0.15) is 0 Å². The van der Waals surface area contributed by atoms with E-state index < -0.39 is 0 Å². The van der Waals surface area contributed by atoms with Crippen LogP contribution in [0.4, 0.5) is 4.39 Å². The van der Waals surface area contributed by atoms with Crippen molar-refractivity contribution in [3.63, 3.8) is 0 Å². The Bertz CT molecular complexity index is 517. The molecule has 0 bridgehead atoms. The molecule has 0 amide bonds. The van der Waals surface area contributed by atoms with E-state index >= 15 is 0 Å². The van der Waals surface area contributed by atoms with Crippen LogP contribution in [-0.2, 0) is 6.42 Å². The maximum atomic E-state index is 13.0. The van der Waals surface area contributed by atoms with Gasteiger partial charge in [-0.1, -0.05) is 42.5 Å². The third kappa shape index (κ3) is 3.42. The van der Waals surface area contributed by atoms with Crippen LogP contribution in [0.1, 0.15) is 30.0 Å². The Morgan fingerprint density at radius 1 is 1.00 bits per heavy atom. The summed E-state index contributed by atoms with van der Waals surface area (Å²) in [6, 6.07) is 18.2. The fourth-order valence-corrected chi connectivity index (χ4v) is 2.35. The first-order chi connectivity index (χ1) is 9.31. The van der Waals surface area contributed by atoms with Gasteiger partial charge < -0.3 is 5.32 Å². The predicted molar refractivity (Wildman–Crippen MR) is 75.4 cm³/mol. The topological polar surface area (TPSA) is 12.0 Å². The summed E-state index contributed by atoms with van der Waals surface area (Å²) in [5.41, 5.74) is 2.47. The number of benzene rings is 2. The van der Waals surface area contributed by atoms with Gasteiger partial charge in [0.15, 0.2) is 0 Å². The Balaban J connectivity index is 1.78. The first-order valence-electron chi connectivity index (χ1n) is 6.87.